The zero-order valence-corrected chi connectivity index (χ0v) is 22.3. The third-order valence-electron chi connectivity index (χ3n) is 6.84. The fourth-order valence-electron chi connectivity index (χ4n) is 5.10. The van der Waals surface area contributed by atoms with Crippen LogP contribution in [0.4, 0.5) is 5.69 Å². The van der Waals surface area contributed by atoms with Crippen LogP contribution < -0.4 is 14.5 Å². The van der Waals surface area contributed by atoms with Crippen molar-refractivity contribution in [2.45, 2.75) is 13.5 Å². The van der Waals surface area contributed by atoms with Gasteiger partial charge in [-0.1, -0.05) is 36.4 Å². The maximum atomic E-state index is 13.4. The number of quaternary nitrogens is 1. The standard InChI is InChI=1S/C29H30BrN3O3/c1-3-36-29(34)28-23-18-27(35-2)24(30)19-25(23)33(22-12-8-5-9-13-22)26(28)20-31-14-16-32(17-15-31)21-10-6-4-7-11-21/h4-13,18-19H,3,14-17,20H2,1-2H3/p+1. The maximum absolute atomic E-state index is 13.4. The molecular weight excluding hydrogens is 518 g/mol. The van der Waals surface area contributed by atoms with Gasteiger partial charge in [-0.2, -0.15) is 0 Å². The second-order valence-corrected chi connectivity index (χ2v) is 9.82. The zero-order valence-electron chi connectivity index (χ0n) is 20.7. The molecule has 0 spiro atoms. The molecular formula is C29H31BrN3O3+. The number of methoxy groups -OCH3 is 1. The van der Waals surface area contributed by atoms with E-state index in [4.69, 9.17) is 9.47 Å². The summed E-state index contributed by atoms with van der Waals surface area (Å²) in [7, 11) is 1.64. The second kappa shape index (κ2) is 10.8. The number of aromatic nitrogens is 1. The molecule has 0 radical (unpaired) electrons. The number of nitrogens with one attached hydrogen (secondary N) is 1. The Kier molecular flexibility index (Phi) is 7.30. The summed E-state index contributed by atoms with van der Waals surface area (Å²) in [4.78, 5) is 17.3. The number of nitrogens with zero attached hydrogens (tertiary/aromatic N) is 2. The van der Waals surface area contributed by atoms with Crippen LogP contribution in [0.25, 0.3) is 16.6 Å². The van der Waals surface area contributed by atoms with Gasteiger partial charge in [-0.25, -0.2) is 4.79 Å². The van der Waals surface area contributed by atoms with Gasteiger partial charge in [-0.15, -0.1) is 0 Å². The molecule has 5 rings (SSSR count). The lowest BCUT2D eigenvalue weighted by Crippen LogP contribution is -3.13. The number of piperazine rings is 1. The number of para-hydroxylation sites is 2. The highest BCUT2D eigenvalue weighted by atomic mass is 79.9. The van der Waals surface area contributed by atoms with Crippen LogP contribution in [-0.4, -0.2) is 50.4 Å². The summed E-state index contributed by atoms with van der Waals surface area (Å²) in [5, 5.41) is 0.842. The molecule has 6 nitrogen and oxygen atoms in total. The van der Waals surface area contributed by atoms with Crippen molar-refractivity contribution in [3.63, 3.8) is 0 Å². The molecule has 0 atom stereocenters. The van der Waals surface area contributed by atoms with Crippen molar-refractivity contribution in [1.29, 1.82) is 0 Å². The lowest BCUT2D eigenvalue weighted by Gasteiger charge is -2.34. The molecule has 7 heteroatoms. The minimum Gasteiger partial charge on any atom is -0.496 e. The van der Waals surface area contributed by atoms with Gasteiger partial charge in [-0.05, 0) is 59.3 Å². The van der Waals surface area contributed by atoms with Crippen molar-refractivity contribution in [1.82, 2.24) is 4.57 Å². The Hall–Kier alpha value is -3.29. The maximum Gasteiger partial charge on any atom is 0.340 e. The predicted octanol–water partition coefficient (Wildman–Crippen LogP) is 4.48. The second-order valence-electron chi connectivity index (χ2n) is 8.97. The summed E-state index contributed by atoms with van der Waals surface area (Å²) in [5.41, 5.74) is 4.83. The molecule has 1 aliphatic heterocycles. The van der Waals surface area contributed by atoms with Crippen LogP contribution in [0.1, 0.15) is 23.0 Å². The number of ether oxygens (including phenoxy) is 2. The first-order valence-corrected chi connectivity index (χ1v) is 13.2. The number of carbonyl (C=O) groups excluding carboxylic acids is 1. The van der Waals surface area contributed by atoms with Gasteiger partial charge in [0, 0.05) is 16.8 Å². The molecule has 0 amide bonds. The molecule has 3 aromatic carbocycles. The largest absolute Gasteiger partial charge is 0.496 e. The third kappa shape index (κ3) is 4.73. The van der Waals surface area contributed by atoms with Gasteiger partial charge in [0.15, 0.2) is 0 Å². The van der Waals surface area contributed by atoms with Gasteiger partial charge < -0.3 is 23.8 Å². The van der Waals surface area contributed by atoms with Gasteiger partial charge in [-0.3, -0.25) is 0 Å². The minimum absolute atomic E-state index is 0.293. The summed E-state index contributed by atoms with van der Waals surface area (Å²) >= 11 is 3.65. The molecule has 0 unspecified atom stereocenters. The fraction of sp³-hybridized carbons (Fsp3) is 0.276. The Bertz CT molecular complexity index is 1350. The van der Waals surface area contributed by atoms with E-state index in [1.54, 1.807) is 7.11 Å². The zero-order chi connectivity index (χ0) is 25.1. The molecule has 1 fully saturated rings. The topological polar surface area (TPSA) is 48.1 Å². The SMILES string of the molecule is CCOC(=O)c1c(C[NH+]2CCN(c3ccccc3)CC2)n(-c2ccccc2)c2cc(Br)c(OC)cc12. The van der Waals surface area contributed by atoms with Gasteiger partial charge in [0.25, 0.3) is 0 Å². The van der Waals surface area contributed by atoms with E-state index in [-0.39, 0.29) is 5.97 Å². The van der Waals surface area contributed by atoms with E-state index < -0.39 is 0 Å². The summed E-state index contributed by atoms with van der Waals surface area (Å²) in [6.07, 6.45) is 0. The Morgan fingerprint density at radius 3 is 2.22 bits per heavy atom. The number of hydrogen-bond acceptors (Lipinski definition) is 4. The first-order valence-electron chi connectivity index (χ1n) is 12.4. The summed E-state index contributed by atoms with van der Waals surface area (Å²) in [6, 6.07) is 24.8. The fourth-order valence-corrected chi connectivity index (χ4v) is 5.59. The Labute approximate surface area is 220 Å². The molecule has 186 valence electrons. The minimum atomic E-state index is -0.293. The highest BCUT2D eigenvalue weighted by Gasteiger charge is 2.30. The lowest BCUT2D eigenvalue weighted by atomic mass is 10.1. The summed E-state index contributed by atoms with van der Waals surface area (Å²) in [6.45, 7) is 6.81. The number of rotatable bonds is 7. The van der Waals surface area contributed by atoms with Gasteiger partial charge >= 0.3 is 5.97 Å². The first-order chi connectivity index (χ1) is 17.6. The number of benzene rings is 3. The van der Waals surface area contributed by atoms with Gasteiger partial charge in [0.2, 0.25) is 0 Å². The monoisotopic (exact) mass is 548 g/mol. The molecule has 4 aromatic rings. The van der Waals surface area contributed by atoms with Crippen molar-refractivity contribution in [3.8, 4) is 11.4 Å². The molecule has 0 saturated carbocycles. The highest BCUT2D eigenvalue weighted by molar-refractivity contribution is 9.10. The van der Waals surface area contributed by atoms with Crippen molar-refractivity contribution < 1.29 is 19.2 Å². The molecule has 36 heavy (non-hydrogen) atoms. The van der Waals surface area contributed by atoms with E-state index in [0.717, 1.165) is 59.5 Å². The molecule has 1 N–H and O–H groups in total. The van der Waals surface area contributed by atoms with Gasteiger partial charge in [0.1, 0.15) is 12.3 Å². The smallest absolute Gasteiger partial charge is 0.340 e. The lowest BCUT2D eigenvalue weighted by molar-refractivity contribution is -0.914. The summed E-state index contributed by atoms with van der Waals surface area (Å²) < 4.78 is 14.2. The predicted molar refractivity (Wildman–Crippen MR) is 147 cm³/mol. The van der Waals surface area contributed by atoms with E-state index in [2.05, 4.69) is 67.9 Å². The third-order valence-corrected chi connectivity index (χ3v) is 7.46. The van der Waals surface area contributed by atoms with Crippen molar-refractivity contribution in [3.05, 3.63) is 88.5 Å². The van der Waals surface area contributed by atoms with E-state index >= 15 is 0 Å². The highest BCUT2D eigenvalue weighted by Crippen LogP contribution is 2.37. The van der Waals surface area contributed by atoms with Crippen molar-refractivity contribution in [2.75, 3.05) is 44.8 Å². The Balaban J connectivity index is 1.58. The van der Waals surface area contributed by atoms with Crippen molar-refractivity contribution in [2.24, 2.45) is 0 Å². The Morgan fingerprint density at radius 1 is 0.972 bits per heavy atom. The Morgan fingerprint density at radius 2 is 1.61 bits per heavy atom. The van der Waals surface area contributed by atoms with Crippen LogP contribution in [-0.2, 0) is 11.3 Å². The number of hydrogen-bond donors (Lipinski definition) is 1. The number of fused-ring (bicyclic) bond motifs is 1. The molecule has 1 aliphatic rings. The van der Waals surface area contributed by atoms with E-state index in [9.17, 15) is 4.79 Å². The average Bonchev–Trinajstić information content (AvgIpc) is 3.22. The van der Waals surface area contributed by atoms with E-state index in [0.29, 0.717) is 17.9 Å². The normalized spacial score (nSPS) is 14.2. The van der Waals surface area contributed by atoms with Crippen LogP contribution in [0.15, 0.2) is 77.3 Å². The molecule has 2 heterocycles. The first kappa shape index (κ1) is 24.4. The van der Waals surface area contributed by atoms with Crippen LogP contribution >= 0.6 is 15.9 Å². The van der Waals surface area contributed by atoms with E-state index in [1.165, 1.54) is 10.6 Å². The van der Waals surface area contributed by atoms with Crippen LogP contribution in [0, 0.1) is 0 Å². The number of esters is 1. The average molecular weight is 549 g/mol. The van der Waals surface area contributed by atoms with Gasteiger partial charge in [0.05, 0.1) is 61.1 Å². The molecule has 0 aliphatic carbocycles. The number of anilines is 1. The molecule has 0 bridgehead atoms. The summed E-state index contributed by atoms with van der Waals surface area (Å²) in [5.74, 6) is 0.396. The quantitative estimate of drug-likeness (QED) is 0.346. The van der Waals surface area contributed by atoms with E-state index in [1.807, 2.05) is 37.3 Å². The molecule has 1 aromatic heterocycles. The number of halogens is 1. The van der Waals surface area contributed by atoms with Crippen LogP contribution in [0.5, 0.6) is 5.75 Å². The van der Waals surface area contributed by atoms with Crippen molar-refractivity contribution >= 4 is 38.5 Å². The van der Waals surface area contributed by atoms with Crippen LogP contribution in [0.3, 0.4) is 0 Å². The molecule has 1 saturated heterocycles. The number of carbonyl (C=O) groups is 1. The van der Waals surface area contributed by atoms with Crippen LogP contribution in [0.2, 0.25) is 0 Å².